The zero-order valence-electron chi connectivity index (χ0n) is 14.6. The number of benzene rings is 1. The molecule has 1 atom stereocenters. The Morgan fingerprint density at radius 3 is 2.25 bits per heavy atom. The number of aliphatic hydroxyl groups is 1. The number of rotatable bonds is 7. The molecule has 0 aliphatic rings. The molecule has 0 amide bonds. The lowest BCUT2D eigenvalue weighted by Crippen LogP contribution is -2.22. The highest BCUT2D eigenvalue weighted by Crippen LogP contribution is 2.31. The Morgan fingerprint density at radius 2 is 1.71 bits per heavy atom. The molecule has 0 spiro atoms. The molecule has 0 aliphatic heterocycles. The van der Waals surface area contributed by atoms with Gasteiger partial charge in [-0.1, -0.05) is 18.2 Å². The molecule has 2 aromatic heterocycles. The van der Waals surface area contributed by atoms with Crippen molar-refractivity contribution in [2.24, 2.45) is 0 Å². The third kappa shape index (κ3) is 5.93. The van der Waals surface area contributed by atoms with Crippen LogP contribution in [0.1, 0.15) is 28.4 Å². The summed E-state index contributed by atoms with van der Waals surface area (Å²) in [6.45, 7) is 0.662. The van der Waals surface area contributed by atoms with Gasteiger partial charge in [0.1, 0.15) is 0 Å². The summed E-state index contributed by atoms with van der Waals surface area (Å²) in [7, 11) is 0. The van der Waals surface area contributed by atoms with E-state index in [2.05, 4.69) is 16.1 Å². The van der Waals surface area contributed by atoms with E-state index in [0.29, 0.717) is 6.54 Å². The molecule has 2 heterocycles. The van der Waals surface area contributed by atoms with Gasteiger partial charge < -0.3 is 10.4 Å². The Labute approximate surface area is 175 Å². The zero-order valence-corrected chi connectivity index (χ0v) is 17.1. The highest BCUT2D eigenvalue weighted by atomic mass is 35.5. The van der Waals surface area contributed by atoms with Gasteiger partial charge in [0.2, 0.25) is 0 Å². The second-order valence-electron chi connectivity index (χ2n) is 5.94. The van der Waals surface area contributed by atoms with Crippen molar-refractivity contribution in [3.8, 4) is 0 Å². The molecular formula is C20H19ClF3NOS2. The number of hydrogen-bond acceptors (Lipinski definition) is 4. The summed E-state index contributed by atoms with van der Waals surface area (Å²) in [5.41, 5.74) is 2.84. The molecule has 1 unspecified atom stereocenters. The van der Waals surface area contributed by atoms with Crippen molar-refractivity contribution in [2.45, 2.75) is 12.3 Å². The van der Waals surface area contributed by atoms with Gasteiger partial charge in [-0.25, -0.2) is 0 Å². The van der Waals surface area contributed by atoms with Crippen LogP contribution in [-0.2, 0) is 6.18 Å². The van der Waals surface area contributed by atoms with Crippen molar-refractivity contribution >= 4 is 40.7 Å². The van der Waals surface area contributed by atoms with E-state index in [0.717, 1.165) is 28.8 Å². The minimum absolute atomic E-state index is 0. The molecule has 1 aromatic carbocycles. The smallest absolute Gasteiger partial charge is 0.387 e. The highest BCUT2D eigenvalue weighted by molar-refractivity contribution is 7.08. The van der Waals surface area contributed by atoms with E-state index in [4.69, 9.17) is 0 Å². The topological polar surface area (TPSA) is 32.3 Å². The second-order valence-corrected chi connectivity index (χ2v) is 7.50. The van der Waals surface area contributed by atoms with Crippen LogP contribution in [-0.4, -0.2) is 18.2 Å². The van der Waals surface area contributed by atoms with Crippen LogP contribution in [0, 0.1) is 0 Å². The standard InChI is InChI=1S/C20H18F3NOS2.ClH/c21-20(22,23)17-3-1-2-14(10-17)19(25)11-24-7-4-18(15-5-8-26-12-15)16-6-9-27-13-16;/h1-6,8-10,12-13,19,24-25H,7,11H2;1H. The predicted molar refractivity (Wildman–Crippen MR) is 112 cm³/mol. The lowest BCUT2D eigenvalue weighted by Gasteiger charge is -2.14. The van der Waals surface area contributed by atoms with E-state index >= 15 is 0 Å². The van der Waals surface area contributed by atoms with Crippen LogP contribution in [0.5, 0.6) is 0 Å². The maximum Gasteiger partial charge on any atom is 0.416 e. The molecule has 2 N–H and O–H groups in total. The van der Waals surface area contributed by atoms with Gasteiger partial charge in [-0.15, -0.1) is 12.4 Å². The fourth-order valence-corrected chi connectivity index (χ4v) is 3.98. The largest absolute Gasteiger partial charge is 0.416 e. The van der Waals surface area contributed by atoms with Crippen molar-refractivity contribution < 1.29 is 18.3 Å². The van der Waals surface area contributed by atoms with Gasteiger partial charge in [-0.2, -0.15) is 35.8 Å². The van der Waals surface area contributed by atoms with Gasteiger partial charge in [-0.3, -0.25) is 0 Å². The first-order valence-electron chi connectivity index (χ1n) is 8.26. The Hall–Kier alpha value is -1.64. The first-order valence-corrected chi connectivity index (χ1v) is 10.1. The van der Waals surface area contributed by atoms with Gasteiger partial charge in [0.15, 0.2) is 0 Å². The quantitative estimate of drug-likeness (QED) is 0.437. The van der Waals surface area contributed by atoms with Crippen LogP contribution >= 0.6 is 35.1 Å². The van der Waals surface area contributed by atoms with Crippen LogP contribution in [0.3, 0.4) is 0 Å². The molecule has 3 rings (SSSR count). The van der Waals surface area contributed by atoms with Crippen LogP contribution in [0.15, 0.2) is 64.0 Å². The third-order valence-electron chi connectivity index (χ3n) is 4.05. The summed E-state index contributed by atoms with van der Waals surface area (Å²) in [4.78, 5) is 0. The number of nitrogens with one attached hydrogen (secondary N) is 1. The molecule has 0 bridgehead atoms. The molecule has 8 heteroatoms. The second kappa shape index (κ2) is 10.2. The van der Waals surface area contributed by atoms with Crippen molar-refractivity contribution in [2.75, 3.05) is 13.1 Å². The molecule has 0 radical (unpaired) electrons. The summed E-state index contributed by atoms with van der Waals surface area (Å²) in [5.74, 6) is 0. The number of aliphatic hydroxyl groups excluding tert-OH is 1. The molecule has 28 heavy (non-hydrogen) atoms. The SMILES string of the molecule is Cl.OC(CNCC=C(c1ccsc1)c1ccsc1)c1cccc(C(F)(F)F)c1. The molecule has 150 valence electrons. The van der Waals surface area contributed by atoms with E-state index in [1.165, 1.54) is 12.1 Å². The van der Waals surface area contributed by atoms with E-state index in [1.807, 2.05) is 29.0 Å². The molecular weight excluding hydrogens is 427 g/mol. The first-order chi connectivity index (χ1) is 12.9. The van der Waals surface area contributed by atoms with E-state index in [1.54, 1.807) is 22.7 Å². The zero-order chi connectivity index (χ0) is 19.3. The van der Waals surface area contributed by atoms with Gasteiger partial charge >= 0.3 is 6.18 Å². The Balaban J connectivity index is 0.00000280. The molecule has 0 fully saturated rings. The lowest BCUT2D eigenvalue weighted by atomic mass is 10.0. The van der Waals surface area contributed by atoms with Crippen molar-refractivity contribution in [1.82, 2.24) is 5.32 Å². The maximum absolute atomic E-state index is 12.8. The van der Waals surface area contributed by atoms with E-state index in [9.17, 15) is 18.3 Å². The average molecular weight is 446 g/mol. The minimum Gasteiger partial charge on any atom is -0.387 e. The number of halogens is 4. The maximum atomic E-state index is 12.8. The molecule has 2 nitrogen and oxygen atoms in total. The normalized spacial score (nSPS) is 12.3. The van der Waals surface area contributed by atoms with Crippen molar-refractivity contribution in [3.63, 3.8) is 0 Å². The summed E-state index contributed by atoms with van der Waals surface area (Å²) < 4.78 is 38.4. The van der Waals surface area contributed by atoms with E-state index in [-0.39, 0.29) is 24.5 Å². The van der Waals surface area contributed by atoms with Gasteiger partial charge in [-0.05, 0) is 68.0 Å². The molecule has 0 saturated carbocycles. The van der Waals surface area contributed by atoms with Gasteiger partial charge in [0.05, 0.1) is 11.7 Å². The Morgan fingerprint density at radius 1 is 1.07 bits per heavy atom. The van der Waals surface area contributed by atoms with E-state index < -0.39 is 17.8 Å². The molecule has 0 saturated heterocycles. The van der Waals surface area contributed by atoms with Gasteiger partial charge in [0.25, 0.3) is 0 Å². The number of alkyl halides is 3. The fraction of sp³-hybridized carbons (Fsp3) is 0.200. The summed E-state index contributed by atoms with van der Waals surface area (Å²) in [6.07, 6.45) is -3.39. The Bertz CT molecular complexity index is 841. The number of hydrogen-bond donors (Lipinski definition) is 2. The van der Waals surface area contributed by atoms with Crippen LogP contribution in [0.4, 0.5) is 13.2 Å². The first kappa shape index (κ1) is 22.6. The lowest BCUT2D eigenvalue weighted by molar-refractivity contribution is -0.137. The molecule has 0 aliphatic carbocycles. The number of thiophene rings is 2. The monoisotopic (exact) mass is 445 g/mol. The van der Waals surface area contributed by atoms with Crippen LogP contribution in [0.25, 0.3) is 5.57 Å². The summed E-state index contributed by atoms with van der Waals surface area (Å²) in [6, 6.07) is 8.90. The molecule has 3 aromatic rings. The predicted octanol–water partition coefficient (Wildman–Crippen LogP) is 6.01. The summed E-state index contributed by atoms with van der Waals surface area (Å²) >= 11 is 3.24. The fourth-order valence-electron chi connectivity index (χ4n) is 2.67. The van der Waals surface area contributed by atoms with Crippen molar-refractivity contribution in [1.29, 1.82) is 0 Å². The van der Waals surface area contributed by atoms with Gasteiger partial charge in [0, 0.05) is 13.1 Å². The minimum atomic E-state index is -4.41. The van der Waals surface area contributed by atoms with Crippen LogP contribution in [0.2, 0.25) is 0 Å². The van der Waals surface area contributed by atoms with Crippen molar-refractivity contribution in [3.05, 3.63) is 86.2 Å². The summed E-state index contributed by atoms with van der Waals surface area (Å²) in [5, 5.41) is 21.5. The average Bonchev–Trinajstić information content (AvgIpc) is 3.35. The van der Waals surface area contributed by atoms with Crippen LogP contribution < -0.4 is 5.32 Å². The third-order valence-corrected chi connectivity index (χ3v) is 5.42. The Kier molecular flexibility index (Phi) is 8.27. The highest BCUT2D eigenvalue weighted by Gasteiger charge is 2.30.